The summed E-state index contributed by atoms with van der Waals surface area (Å²) in [6.07, 6.45) is 1.55. The first-order valence-electron chi connectivity index (χ1n) is 10.6. The number of ether oxygens (including phenoxy) is 2. The molecular formula is C24H24IN3O5. The maximum absolute atomic E-state index is 12.1. The molecule has 33 heavy (non-hydrogen) atoms. The lowest BCUT2D eigenvalue weighted by Crippen LogP contribution is -2.24. The summed E-state index contributed by atoms with van der Waals surface area (Å²) in [6.45, 7) is 4.40. The molecule has 0 fully saturated rings. The lowest BCUT2D eigenvalue weighted by Gasteiger charge is -2.13. The van der Waals surface area contributed by atoms with Gasteiger partial charge < -0.3 is 19.0 Å². The van der Waals surface area contributed by atoms with Crippen LogP contribution in [0.25, 0.3) is 11.0 Å². The second kappa shape index (κ2) is 10.3. The monoisotopic (exact) mass is 561 g/mol. The molecule has 0 aliphatic carbocycles. The summed E-state index contributed by atoms with van der Waals surface area (Å²) in [6, 6.07) is 13.1. The van der Waals surface area contributed by atoms with Crippen LogP contribution < -0.4 is 15.1 Å². The van der Waals surface area contributed by atoms with Gasteiger partial charge in [0.25, 0.3) is 0 Å². The zero-order valence-electron chi connectivity index (χ0n) is 18.3. The number of rotatable bonds is 9. The summed E-state index contributed by atoms with van der Waals surface area (Å²) >= 11 is 2.24. The Morgan fingerprint density at radius 1 is 1.15 bits per heavy atom. The van der Waals surface area contributed by atoms with Crippen molar-refractivity contribution in [1.29, 1.82) is 0 Å². The van der Waals surface area contributed by atoms with Crippen LogP contribution in [-0.4, -0.2) is 32.8 Å². The van der Waals surface area contributed by atoms with Crippen molar-refractivity contribution in [2.24, 2.45) is 0 Å². The summed E-state index contributed by atoms with van der Waals surface area (Å²) in [5, 5.41) is 19.3. The van der Waals surface area contributed by atoms with Gasteiger partial charge in [0.15, 0.2) is 0 Å². The Kier molecular flexibility index (Phi) is 7.29. The molecule has 1 atom stereocenters. The Labute approximate surface area is 204 Å². The lowest BCUT2D eigenvalue weighted by molar-refractivity contribution is 0.0888. The number of hydrogen-bond donors (Lipinski definition) is 1. The third-order valence-electron chi connectivity index (χ3n) is 5.24. The van der Waals surface area contributed by atoms with Gasteiger partial charge >= 0.3 is 5.63 Å². The number of aliphatic hydroxyl groups excluding tert-OH is 1. The van der Waals surface area contributed by atoms with Crippen molar-refractivity contribution in [1.82, 2.24) is 15.0 Å². The Morgan fingerprint density at radius 3 is 2.67 bits per heavy atom. The summed E-state index contributed by atoms with van der Waals surface area (Å²) in [7, 11) is 0. The van der Waals surface area contributed by atoms with Crippen molar-refractivity contribution in [2.75, 3.05) is 6.61 Å². The minimum atomic E-state index is -0.802. The van der Waals surface area contributed by atoms with Gasteiger partial charge in [-0.05, 0) is 77.9 Å². The van der Waals surface area contributed by atoms with E-state index >= 15 is 0 Å². The van der Waals surface area contributed by atoms with E-state index in [1.54, 1.807) is 23.0 Å². The van der Waals surface area contributed by atoms with E-state index in [0.29, 0.717) is 29.0 Å². The zero-order valence-corrected chi connectivity index (χ0v) is 20.5. The molecule has 4 rings (SSSR count). The number of nitrogens with zero attached hydrogens (tertiary/aromatic N) is 3. The molecular weight excluding hydrogens is 537 g/mol. The van der Waals surface area contributed by atoms with Crippen molar-refractivity contribution in [2.45, 2.75) is 39.5 Å². The SMILES string of the molecule is CCc1c(C)c2ccc(OCC(O)Cn3cc(COc4ccc(I)cc4)nn3)cc2oc1=O. The van der Waals surface area contributed by atoms with Gasteiger partial charge in [0.1, 0.15) is 42.1 Å². The van der Waals surface area contributed by atoms with Crippen molar-refractivity contribution in [3.8, 4) is 11.5 Å². The second-order valence-electron chi connectivity index (χ2n) is 7.64. The molecule has 8 nitrogen and oxygen atoms in total. The topological polar surface area (TPSA) is 99.6 Å². The summed E-state index contributed by atoms with van der Waals surface area (Å²) < 4.78 is 19.5. The highest BCUT2D eigenvalue weighted by molar-refractivity contribution is 14.1. The predicted octanol–water partition coefficient (Wildman–Crippen LogP) is 3.88. The third kappa shape index (κ3) is 5.72. The summed E-state index contributed by atoms with van der Waals surface area (Å²) in [5.41, 5.74) is 2.41. The van der Waals surface area contributed by atoms with Crippen molar-refractivity contribution < 1.29 is 19.0 Å². The average molecular weight is 561 g/mol. The molecule has 2 aromatic carbocycles. The molecule has 0 saturated heterocycles. The Bertz CT molecular complexity index is 1300. The molecule has 1 unspecified atom stereocenters. The lowest BCUT2D eigenvalue weighted by atomic mass is 10.0. The zero-order chi connectivity index (χ0) is 23.4. The van der Waals surface area contributed by atoms with E-state index in [9.17, 15) is 9.90 Å². The first-order valence-corrected chi connectivity index (χ1v) is 11.7. The largest absolute Gasteiger partial charge is 0.491 e. The van der Waals surface area contributed by atoms with Gasteiger partial charge in [0.2, 0.25) is 0 Å². The van der Waals surface area contributed by atoms with Crippen LogP contribution in [0.5, 0.6) is 11.5 Å². The first kappa shape index (κ1) is 23.2. The van der Waals surface area contributed by atoms with Crippen molar-refractivity contribution in [3.63, 3.8) is 0 Å². The molecule has 0 aliphatic heterocycles. The van der Waals surface area contributed by atoms with E-state index in [4.69, 9.17) is 13.9 Å². The first-order chi connectivity index (χ1) is 15.9. The van der Waals surface area contributed by atoms with Crippen LogP contribution in [0.2, 0.25) is 0 Å². The molecule has 0 amide bonds. The van der Waals surface area contributed by atoms with Gasteiger partial charge in [0, 0.05) is 20.6 Å². The van der Waals surface area contributed by atoms with E-state index in [0.717, 1.165) is 20.3 Å². The van der Waals surface area contributed by atoms with E-state index in [1.807, 2.05) is 44.2 Å². The van der Waals surface area contributed by atoms with E-state index in [2.05, 4.69) is 32.9 Å². The molecule has 0 bridgehead atoms. The molecule has 0 saturated carbocycles. The highest BCUT2D eigenvalue weighted by Gasteiger charge is 2.13. The summed E-state index contributed by atoms with van der Waals surface area (Å²) in [5.74, 6) is 1.27. The fourth-order valence-electron chi connectivity index (χ4n) is 3.52. The van der Waals surface area contributed by atoms with Gasteiger partial charge in [-0.1, -0.05) is 12.1 Å². The molecule has 172 valence electrons. The quantitative estimate of drug-likeness (QED) is 0.245. The van der Waals surface area contributed by atoms with Gasteiger partial charge in [-0.15, -0.1) is 5.10 Å². The van der Waals surface area contributed by atoms with Crippen LogP contribution in [-0.2, 0) is 19.6 Å². The fourth-order valence-corrected chi connectivity index (χ4v) is 3.88. The van der Waals surface area contributed by atoms with Crippen molar-refractivity contribution >= 4 is 33.6 Å². The highest BCUT2D eigenvalue weighted by atomic mass is 127. The van der Waals surface area contributed by atoms with Gasteiger partial charge in [-0.3, -0.25) is 0 Å². The highest BCUT2D eigenvalue weighted by Crippen LogP contribution is 2.24. The van der Waals surface area contributed by atoms with E-state index < -0.39 is 6.10 Å². The second-order valence-corrected chi connectivity index (χ2v) is 8.89. The maximum Gasteiger partial charge on any atom is 0.339 e. The number of benzene rings is 2. The number of fused-ring (bicyclic) bond motifs is 1. The number of halogens is 1. The Morgan fingerprint density at radius 2 is 1.91 bits per heavy atom. The molecule has 4 aromatic rings. The molecule has 2 aromatic heterocycles. The van der Waals surface area contributed by atoms with Crippen LogP contribution in [0, 0.1) is 10.5 Å². The molecule has 9 heteroatoms. The maximum atomic E-state index is 12.1. The van der Waals surface area contributed by atoms with E-state index in [1.165, 1.54) is 0 Å². The third-order valence-corrected chi connectivity index (χ3v) is 5.96. The molecule has 0 spiro atoms. The molecule has 0 aliphatic rings. The predicted molar refractivity (Wildman–Crippen MR) is 132 cm³/mol. The number of aliphatic hydroxyl groups is 1. The van der Waals surface area contributed by atoms with Gasteiger partial charge in [0.05, 0.1) is 12.7 Å². The fraction of sp³-hybridized carbons (Fsp3) is 0.292. The van der Waals surface area contributed by atoms with E-state index in [-0.39, 0.29) is 25.4 Å². The Balaban J connectivity index is 1.32. The van der Waals surface area contributed by atoms with Crippen LogP contribution >= 0.6 is 22.6 Å². The van der Waals surface area contributed by atoms with Crippen LogP contribution in [0.15, 0.2) is 57.9 Å². The number of aryl methyl sites for hydroxylation is 1. The number of hydrogen-bond acceptors (Lipinski definition) is 7. The van der Waals surface area contributed by atoms with Crippen LogP contribution in [0.4, 0.5) is 0 Å². The minimum absolute atomic E-state index is 0.0517. The Hall–Kier alpha value is -2.92. The normalized spacial score (nSPS) is 12.1. The van der Waals surface area contributed by atoms with Crippen molar-refractivity contribution in [3.05, 3.63) is 79.5 Å². The molecule has 2 heterocycles. The smallest absolute Gasteiger partial charge is 0.339 e. The minimum Gasteiger partial charge on any atom is -0.491 e. The van der Waals surface area contributed by atoms with Gasteiger partial charge in [-0.2, -0.15) is 0 Å². The average Bonchev–Trinajstić information content (AvgIpc) is 3.24. The molecule has 1 N–H and O–H groups in total. The van der Waals surface area contributed by atoms with Crippen LogP contribution in [0.1, 0.15) is 23.7 Å². The number of aromatic nitrogens is 3. The van der Waals surface area contributed by atoms with Crippen LogP contribution in [0.3, 0.4) is 0 Å². The van der Waals surface area contributed by atoms with Gasteiger partial charge in [-0.25, -0.2) is 9.48 Å². The summed E-state index contributed by atoms with van der Waals surface area (Å²) in [4.78, 5) is 12.1. The standard InChI is InChI=1S/C24H24IN3O5/c1-3-21-15(2)22-9-8-20(10-23(22)33-24(21)30)32-14-18(29)12-28-11-17(26-27-28)13-31-19-6-4-16(25)5-7-19/h4-11,18,29H,3,12-14H2,1-2H3. The molecule has 0 radical (unpaired) electrons.